The molecule has 1 amide bonds. The number of nitrogens with zero attached hydrogens (tertiary/aromatic N) is 1. The molecule has 0 aromatic rings. The van der Waals surface area contributed by atoms with Crippen LogP contribution < -0.4 is 5.32 Å². The Morgan fingerprint density at radius 2 is 2.33 bits per heavy atom. The van der Waals surface area contributed by atoms with Gasteiger partial charge < -0.3 is 15.0 Å². The fraction of sp³-hybridized carbons (Fsp3) is 0.909. The number of amides is 1. The molecule has 0 bridgehead atoms. The molecule has 1 rings (SSSR count). The van der Waals surface area contributed by atoms with E-state index in [0.717, 1.165) is 26.1 Å². The first kappa shape index (κ1) is 12.5. The Balaban J connectivity index is 1.90. The summed E-state index contributed by atoms with van der Waals surface area (Å²) in [4.78, 5) is 12.9. The summed E-state index contributed by atoms with van der Waals surface area (Å²) in [5, 5.41) is 3.33. The van der Waals surface area contributed by atoms with E-state index in [4.69, 9.17) is 4.74 Å². The van der Waals surface area contributed by atoms with Crippen molar-refractivity contribution in [3.05, 3.63) is 0 Å². The molecule has 1 unspecified atom stereocenters. The Morgan fingerprint density at radius 1 is 1.53 bits per heavy atom. The molecule has 1 aliphatic rings. The van der Waals surface area contributed by atoms with E-state index in [1.54, 1.807) is 19.0 Å². The van der Waals surface area contributed by atoms with Crippen molar-refractivity contribution >= 4 is 5.91 Å². The van der Waals surface area contributed by atoms with Crippen LogP contribution in [0.1, 0.15) is 25.7 Å². The molecule has 0 radical (unpaired) electrons. The maximum Gasteiger partial charge on any atom is 0.222 e. The number of hydrogen-bond acceptors (Lipinski definition) is 3. The molecule has 0 aromatic carbocycles. The minimum atomic E-state index is 0.203. The van der Waals surface area contributed by atoms with E-state index in [9.17, 15) is 4.79 Å². The highest BCUT2D eigenvalue weighted by atomic mass is 16.5. The van der Waals surface area contributed by atoms with Gasteiger partial charge in [-0.3, -0.25) is 4.79 Å². The molecule has 4 nitrogen and oxygen atoms in total. The van der Waals surface area contributed by atoms with Crippen LogP contribution in [0.4, 0.5) is 0 Å². The van der Waals surface area contributed by atoms with E-state index in [2.05, 4.69) is 5.32 Å². The van der Waals surface area contributed by atoms with Gasteiger partial charge in [0, 0.05) is 33.7 Å². The topological polar surface area (TPSA) is 41.6 Å². The molecule has 0 spiro atoms. The highest BCUT2D eigenvalue weighted by molar-refractivity contribution is 5.75. The molecule has 1 atom stereocenters. The van der Waals surface area contributed by atoms with Crippen molar-refractivity contribution in [3.63, 3.8) is 0 Å². The summed E-state index contributed by atoms with van der Waals surface area (Å²) in [5.74, 6) is 0.203. The second kappa shape index (κ2) is 6.80. The summed E-state index contributed by atoms with van der Waals surface area (Å²) in [6, 6.07) is 0. The van der Waals surface area contributed by atoms with Crippen LogP contribution in [0.25, 0.3) is 0 Å². The SMILES string of the molecule is CN(C)C(=O)CCCNCC1CCCO1. The Kier molecular flexibility index (Phi) is 5.65. The van der Waals surface area contributed by atoms with E-state index in [0.29, 0.717) is 12.5 Å². The molecule has 88 valence electrons. The van der Waals surface area contributed by atoms with Crippen molar-refractivity contribution < 1.29 is 9.53 Å². The lowest BCUT2D eigenvalue weighted by molar-refractivity contribution is -0.128. The Morgan fingerprint density at radius 3 is 2.93 bits per heavy atom. The van der Waals surface area contributed by atoms with Crippen LogP contribution in [0.5, 0.6) is 0 Å². The zero-order valence-corrected chi connectivity index (χ0v) is 9.79. The van der Waals surface area contributed by atoms with Gasteiger partial charge in [0.05, 0.1) is 6.10 Å². The van der Waals surface area contributed by atoms with Crippen LogP contribution in [-0.4, -0.2) is 50.7 Å². The van der Waals surface area contributed by atoms with Gasteiger partial charge >= 0.3 is 0 Å². The normalized spacial score (nSPS) is 20.5. The van der Waals surface area contributed by atoms with Gasteiger partial charge in [0.25, 0.3) is 0 Å². The van der Waals surface area contributed by atoms with E-state index >= 15 is 0 Å². The monoisotopic (exact) mass is 214 g/mol. The quantitative estimate of drug-likeness (QED) is 0.659. The predicted molar refractivity (Wildman–Crippen MR) is 59.8 cm³/mol. The molecule has 1 fully saturated rings. The van der Waals surface area contributed by atoms with Crippen LogP contribution >= 0.6 is 0 Å². The third kappa shape index (κ3) is 5.14. The summed E-state index contributed by atoms with van der Waals surface area (Å²) in [7, 11) is 3.59. The van der Waals surface area contributed by atoms with Gasteiger partial charge in [-0.25, -0.2) is 0 Å². The summed E-state index contributed by atoms with van der Waals surface area (Å²) >= 11 is 0. The second-order valence-electron chi connectivity index (χ2n) is 4.23. The highest BCUT2D eigenvalue weighted by Crippen LogP contribution is 2.10. The summed E-state index contributed by atoms with van der Waals surface area (Å²) in [6.45, 7) is 2.74. The van der Waals surface area contributed by atoms with E-state index in [-0.39, 0.29) is 5.91 Å². The van der Waals surface area contributed by atoms with Gasteiger partial charge in [-0.05, 0) is 25.8 Å². The van der Waals surface area contributed by atoms with E-state index < -0.39 is 0 Å². The molecule has 0 aliphatic carbocycles. The molecule has 1 heterocycles. The van der Waals surface area contributed by atoms with Crippen molar-refractivity contribution in [2.75, 3.05) is 33.8 Å². The van der Waals surface area contributed by atoms with Gasteiger partial charge in [-0.2, -0.15) is 0 Å². The van der Waals surface area contributed by atoms with Crippen LogP contribution in [-0.2, 0) is 9.53 Å². The van der Waals surface area contributed by atoms with Crippen molar-refractivity contribution in [1.82, 2.24) is 10.2 Å². The average molecular weight is 214 g/mol. The minimum absolute atomic E-state index is 0.203. The lowest BCUT2D eigenvalue weighted by Gasteiger charge is -2.12. The van der Waals surface area contributed by atoms with Crippen molar-refractivity contribution in [3.8, 4) is 0 Å². The fourth-order valence-corrected chi connectivity index (χ4v) is 1.66. The van der Waals surface area contributed by atoms with E-state index in [1.165, 1.54) is 12.8 Å². The molecule has 0 saturated carbocycles. The van der Waals surface area contributed by atoms with Crippen LogP contribution in [0.3, 0.4) is 0 Å². The molecule has 0 aromatic heterocycles. The molecule has 15 heavy (non-hydrogen) atoms. The lowest BCUT2D eigenvalue weighted by Crippen LogP contribution is -2.28. The first-order chi connectivity index (χ1) is 7.20. The molecule has 1 saturated heterocycles. The Hall–Kier alpha value is -0.610. The zero-order valence-electron chi connectivity index (χ0n) is 9.79. The summed E-state index contributed by atoms with van der Waals surface area (Å²) in [6.07, 6.45) is 4.29. The molecular formula is C11H22N2O2. The maximum atomic E-state index is 11.2. The smallest absolute Gasteiger partial charge is 0.222 e. The Labute approximate surface area is 92.0 Å². The van der Waals surface area contributed by atoms with Crippen LogP contribution in [0.15, 0.2) is 0 Å². The van der Waals surface area contributed by atoms with E-state index in [1.807, 2.05) is 0 Å². The van der Waals surface area contributed by atoms with Crippen molar-refractivity contribution in [2.24, 2.45) is 0 Å². The fourth-order valence-electron chi connectivity index (χ4n) is 1.66. The van der Waals surface area contributed by atoms with Crippen LogP contribution in [0, 0.1) is 0 Å². The number of rotatable bonds is 6. The number of hydrogen-bond donors (Lipinski definition) is 1. The molecular weight excluding hydrogens is 192 g/mol. The average Bonchev–Trinajstić information content (AvgIpc) is 2.69. The number of ether oxygens (including phenoxy) is 1. The van der Waals surface area contributed by atoms with Gasteiger partial charge in [0.1, 0.15) is 0 Å². The number of carbonyl (C=O) groups excluding carboxylic acids is 1. The minimum Gasteiger partial charge on any atom is -0.377 e. The maximum absolute atomic E-state index is 11.2. The molecule has 1 aliphatic heterocycles. The lowest BCUT2D eigenvalue weighted by atomic mass is 10.2. The third-order valence-electron chi connectivity index (χ3n) is 2.64. The predicted octanol–water partition coefficient (Wildman–Crippen LogP) is 0.623. The van der Waals surface area contributed by atoms with Gasteiger partial charge in [-0.1, -0.05) is 0 Å². The number of nitrogens with one attached hydrogen (secondary N) is 1. The largest absolute Gasteiger partial charge is 0.377 e. The summed E-state index contributed by atoms with van der Waals surface area (Å²) < 4.78 is 5.48. The molecule has 1 N–H and O–H groups in total. The standard InChI is InChI=1S/C11H22N2O2/c1-13(2)11(14)6-3-7-12-9-10-5-4-8-15-10/h10,12H,3-9H2,1-2H3. The summed E-state index contributed by atoms with van der Waals surface area (Å²) in [5.41, 5.74) is 0. The highest BCUT2D eigenvalue weighted by Gasteiger charge is 2.14. The second-order valence-corrected chi connectivity index (χ2v) is 4.23. The Bertz CT molecular complexity index is 189. The van der Waals surface area contributed by atoms with Gasteiger partial charge in [0.2, 0.25) is 5.91 Å². The number of carbonyl (C=O) groups is 1. The third-order valence-corrected chi connectivity index (χ3v) is 2.64. The first-order valence-corrected chi connectivity index (χ1v) is 5.72. The van der Waals surface area contributed by atoms with Gasteiger partial charge in [-0.15, -0.1) is 0 Å². The molecule has 4 heteroatoms. The van der Waals surface area contributed by atoms with Gasteiger partial charge in [0.15, 0.2) is 0 Å². The first-order valence-electron chi connectivity index (χ1n) is 5.72. The van der Waals surface area contributed by atoms with Crippen molar-refractivity contribution in [2.45, 2.75) is 31.8 Å². The zero-order chi connectivity index (χ0) is 11.1. The van der Waals surface area contributed by atoms with Crippen LogP contribution in [0.2, 0.25) is 0 Å². The van der Waals surface area contributed by atoms with Crippen molar-refractivity contribution in [1.29, 1.82) is 0 Å².